The van der Waals surface area contributed by atoms with Gasteiger partial charge in [0.1, 0.15) is 57.5 Å². The third-order valence-electron chi connectivity index (χ3n) is 6.21. The van der Waals surface area contributed by atoms with Crippen molar-refractivity contribution < 1.29 is 66.5 Å². The normalized spacial score (nSPS) is 12.6. The van der Waals surface area contributed by atoms with Gasteiger partial charge in [0.15, 0.2) is 0 Å². The molecule has 0 unspecified atom stereocenters. The molecular weight excluding hydrogens is 673 g/mol. The van der Waals surface area contributed by atoms with Crippen LogP contribution in [0.4, 0.5) is 57.1 Å². The van der Waals surface area contributed by atoms with Crippen molar-refractivity contribution in [1.29, 1.82) is 0 Å². The summed E-state index contributed by atoms with van der Waals surface area (Å²) in [5.41, 5.74) is -5.51. The maximum atomic E-state index is 15.0. The number of ether oxygens (including phenoxy) is 2. The Morgan fingerprint density at radius 2 is 1.07 bits per heavy atom. The molecule has 0 radical (unpaired) electrons. The second-order valence-corrected chi connectivity index (χ2v) is 10.6. The topological polar surface area (TPSA) is 31.4 Å². The summed E-state index contributed by atoms with van der Waals surface area (Å²) in [5.74, 6) is -13.2. The summed E-state index contributed by atoms with van der Waals surface area (Å²) in [6.07, 6.45) is -14.6. The van der Waals surface area contributed by atoms with E-state index in [9.17, 15) is 57.1 Å². The highest BCUT2D eigenvalue weighted by atomic mass is 32.1. The summed E-state index contributed by atoms with van der Waals surface area (Å²) in [4.78, 5) is 3.59. The van der Waals surface area contributed by atoms with Crippen molar-refractivity contribution in [3.63, 3.8) is 0 Å². The van der Waals surface area contributed by atoms with Gasteiger partial charge in [0.2, 0.25) is 5.01 Å². The Kier molecular flexibility index (Phi) is 8.11. The van der Waals surface area contributed by atoms with Crippen molar-refractivity contribution in [2.24, 2.45) is 0 Å². The number of benzene rings is 4. The van der Waals surface area contributed by atoms with E-state index >= 15 is 0 Å². The quantitative estimate of drug-likeness (QED) is 0.160. The molecule has 0 atom stereocenters. The first-order chi connectivity index (χ1) is 21.3. The lowest BCUT2D eigenvalue weighted by Crippen LogP contribution is -2.25. The standard InChI is InChI=1S/C29H12F13NO2S/c1-11-4-17(32)25(18(33)5-11)28(39,40)44-13-7-15(30)23(16(31)8-13)12-2-3-21-22(6-12)46-26(43-21)29(41,42)45-14-9-19(34)24(20(35)10-14)27(36,37)38/h2-10H,1H3. The van der Waals surface area contributed by atoms with Crippen LogP contribution < -0.4 is 9.47 Å². The van der Waals surface area contributed by atoms with Crippen LogP contribution >= 0.6 is 11.3 Å². The smallest absolute Gasteiger partial charge is 0.429 e. The van der Waals surface area contributed by atoms with Crippen molar-refractivity contribution in [2.45, 2.75) is 25.3 Å². The maximum Gasteiger partial charge on any atom is 0.454 e. The summed E-state index contributed by atoms with van der Waals surface area (Å²) >= 11 is 0.179. The molecule has 0 fully saturated rings. The molecular formula is C29H12F13NO2S. The van der Waals surface area contributed by atoms with Gasteiger partial charge in [-0.1, -0.05) is 6.07 Å². The number of aromatic nitrogens is 1. The Labute approximate surface area is 252 Å². The highest BCUT2D eigenvalue weighted by Crippen LogP contribution is 2.42. The van der Waals surface area contributed by atoms with E-state index < -0.39 is 86.5 Å². The predicted octanol–water partition coefficient (Wildman–Crippen LogP) is 10.4. The van der Waals surface area contributed by atoms with Gasteiger partial charge < -0.3 is 9.47 Å². The summed E-state index contributed by atoms with van der Waals surface area (Å²) < 4.78 is 191. The van der Waals surface area contributed by atoms with Crippen molar-refractivity contribution in [3.05, 3.63) is 111 Å². The van der Waals surface area contributed by atoms with Crippen LogP contribution in [0.1, 0.15) is 21.7 Å². The molecule has 0 amide bonds. The van der Waals surface area contributed by atoms with Gasteiger partial charge in [0.25, 0.3) is 0 Å². The number of halogens is 13. The molecule has 0 N–H and O–H groups in total. The molecule has 5 aromatic rings. The highest BCUT2D eigenvalue weighted by molar-refractivity contribution is 7.18. The van der Waals surface area contributed by atoms with E-state index in [1.807, 2.05) is 0 Å². The van der Waals surface area contributed by atoms with Crippen LogP contribution in [0.25, 0.3) is 21.3 Å². The van der Waals surface area contributed by atoms with Gasteiger partial charge in [-0.15, -0.1) is 11.3 Å². The fourth-order valence-corrected chi connectivity index (χ4v) is 5.25. The summed E-state index contributed by atoms with van der Waals surface area (Å²) in [7, 11) is 0. The van der Waals surface area contributed by atoms with E-state index in [0.29, 0.717) is 24.3 Å². The fourth-order valence-electron chi connectivity index (χ4n) is 4.34. The van der Waals surface area contributed by atoms with E-state index in [1.165, 1.54) is 6.92 Å². The zero-order valence-electron chi connectivity index (χ0n) is 22.3. The van der Waals surface area contributed by atoms with Crippen molar-refractivity contribution >= 4 is 21.6 Å². The molecule has 0 aliphatic heterocycles. The molecule has 0 saturated heterocycles. The second-order valence-electron chi connectivity index (χ2n) is 9.56. The zero-order chi connectivity index (χ0) is 33.9. The minimum absolute atomic E-state index is 0.0257. The third kappa shape index (κ3) is 6.27. The average Bonchev–Trinajstić information content (AvgIpc) is 3.30. The number of nitrogens with zero attached hydrogens (tertiary/aromatic N) is 1. The van der Waals surface area contributed by atoms with Crippen LogP contribution in [-0.4, -0.2) is 4.98 Å². The number of aryl methyl sites for hydroxylation is 1. The van der Waals surface area contributed by atoms with Crippen LogP contribution in [0.2, 0.25) is 0 Å². The Balaban J connectivity index is 1.43. The predicted molar refractivity (Wildman–Crippen MR) is 136 cm³/mol. The molecule has 0 aliphatic carbocycles. The molecule has 4 aromatic carbocycles. The molecule has 3 nitrogen and oxygen atoms in total. The Morgan fingerprint density at radius 3 is 1.59 bits per heavy atom. The van der Waals surface area contributed by atoms with Crippen LogP contribution in [-0.2, 0) is 18.4 Å². The fraction of sp³-hybridized carbons (Fsp3) is 0.138. The van der Waals surface area contributed by atoms with Crippen molar-refractivity contribution in [1.82, 2.24) is 4.98 Å². The summed E-state index contributed by atoms with van der Waals surface area (Å²) in [6, 6.07) is 4.58. The number of rotatable bonds is 7. The van der Waals surface area contributed by atoms with Gasteiger partial charge in [-0.25, -0.2) is 31.3 Å². The lowest BCUT2D eigenvalue weighted by molar-refractivity contribution is -0.189. The van der Waals surface area contributed by atoms with Crippen LogP contribution in [0.15, 0.2) is 54.6 Å². The molecule has 46 heavy (non-hydrogen) atoms. The van der Waals surface area contributed by atoms with Gasteiger partial charge in [-0.05, 0) is 42.3 Å². The second kappa shape index (κ2) is 11.4. The summed E-state index contributed by atoms with van der Waals surface area (Å²) in [6.45, 7) is 1.23. The van der Waals surface area contributed by atoms with Gasteiger partial charge >= 0.3 is 18.4 Å². The first-order valence-electron chi connectivity index (χ1n) is 12.3. The van der Waals surface area contributed by atoms with Gasteiger partial charge in [-0.2, -0.15) is 30.7 Å². The molecule has 242 valence electrons. The minimum atomic E-state index is -5.46. The van der Waals surface area contributed by atoms with E-state index in [2.05, 4.69) is 14.5 Å². The van der Waals surface area contributed by atoms with Crippen LogP contribution in [0.3, 0.4) is 0 Å². The van der Waals surface area contributed by atoms with Crippen molar-refractivity contribution in [3.8, 4) is 22.6 Å². The largest absolute Gasteiger partial charge is 0.454 e. The number of hydrogen-bond donors (Lipinski definition) is 0. The summed E-state index contributed by atoms with van der Waals surface area (Å²) in [5, 5.41) is -1.16. The molecule has 0 bridgehead atoms. The average molecular weight is 685 g/mol. The minimum Gasteiger partial charge on any atom is -0.429 e. The highest BCUT2D eigenvalue weighted by Gasteiger charge is 2.43. The lowest BCUT2D eigenvalue weighted by Gasteiger charge is -2.20. The maximum absolute atomic E-state index is 15.0. The number of alkyl halides is 7. The van der Waals surface area contributed by atoms with Gasteiger partial charge in [0, 0.05) is 24.3 Å². The number of thiazole rings is 1. The SMILES string of the molecule is Cc1cc(F)c(C(F)(F)Oc2cc(F)c(-c3ccc4nc(C(F)(F)Oc5cc(F)c(C(F)(F)F)c(F)c5)sc4c3)c(F)c2)c(F)c1. The van der Waals surface area contributed by atoms with E-state index in [-0.39, 0.29) is 44.8 Å². The Morgan fingerprint density at radius 1 is 0.587 bits per heavy atom. The van der Waals surface area contributed by atoms with Crippen LogP contribution in [0.5, 0.6) is 11.5 Å². The molecule has 0 spiro atoms. The molecule has 5 rings (SSSR count). The lowest BCUT2D eigenvalue weighted by atomic mass is 10.0. The van der Waals surface area contributed by atoms with Crippen molar-refractivity contribution in [2.75, 3.05) is 0 Å². The van der Waals surface area contributed by atoms with E-state index in [1.54, 1.807) is 0 Å². The molecule has 17 heteroatoms. The monoisotopic (exact) mass is 685 g/mol. The van der Waals surface area contributed by atoms with E-state index in [0.717, 1.165) is 18.2 Å². The molecule has 1 heterocycles. The van der Waals surface area contributed by atoms with E-state index in [4.69, 9.17) is 0 Å². The first-order valence-corrected chi connectivity index (χ1v) is 13.1. The Bertz CT molecular complexity index is 1920. The number of fused-ring (bicyclic) bond motifs is 1. The van der Waals surface area contributed by atoms with Crippen LogP contribution in [0, 0.1) is 41.8 Å². The van der Waals surface area contributed by atoms with Gasteiger partial charge in [-0.3, -0.25) is 0 Å². The molecule has 0 aliphatic rings. The molecule has 1 aromatic heterocycles. The Hall–Kier alpha value is -4.54. The zero-order valence-corrected chi connectivity index (χ0v) is 23.1. The third-order valence-corrected chi connectivity index (χ3v) is 7.28. The number of hydrogen-bond acceptors (Lipinski definition) is 4. The first kappa shape index (κ1) is 32.8. The van der Waals surface area contributed by atoms with Gasteiger partial charge in [0.05, 0.1) is 15.8 Å². The molecule has 0 saturated carbocycles.